The fourth-order valence-corrected chi connectivity index (χ4v) is 3.03. The second-order valence-electron chi connectivity index (χ2n) is 5.00. The van der Waals surface area contributed by atoms with E-state index in [0.29, 0.717) is 12.3 Å². The van der Waals surface area contributed by atoms with Crippen LogP contribution in [0.4, 0.5) is 0 Å². The Balaban J connectivity index is 1.68. The van der Waals surface area contributed by atoms with Gasteiger partial charge < -0.3 is 10.2 Å². The molecule has 1 aliphatic rings. The molecule has 0 bridgehead atoms. The number of nitrogens with one attached hydrogen (secondary N) is 1. The van der Waals surface area contributed by atoms with Gasteiger partial charge in [0, 0.05) is 39.1 Å². The van der Waals surface area contributed by atoms with Crippen molar-refractivity contribution in [2.75, 3.05) is 39.8 Å². The minimum absolute atomic E-state index is 0.311. The van der Waals surface area contributed by atoms with Gasteiger partial charge in [0.15, 0.2) is 0 Å². The molecule has 19 heavy (non-hydrogen) atoms. The molecule has 1 saturated heterocycles. The minimum atomic E-state index is 0.311. The Morgan fingerprint density at radius 3 is 2.79 bits per heavy atom. The molecule has 0 spiro atoms. The van der Waals surface area contributed by atoms with Crippen LogP contribution in [-0.4, -0.2) is 55.5 Å². The summed E-state index contributed by atoms with van der Waals surface area (Å²) in [6, 6.07) is 2.18. The van der Waals surface area contributed by atoms with Crippen molar-refractivity contribution in [2.24, 2.45) is 0 Å². The minimum Gasteiger partial charge on any atom is -0.340 e. The smallest absolute Gasteiger partial charge is 0.222 e. The van der Waals surface area contributed by atoms with Gasteiger partial charge in [0.25, 0.3) is 0 Å². The fraction of sp³-hybridized carbons (Fsp3) is 0.643. The van der Waals surface area contributed by atoms with Crippen LogP contribution in [0.25, 0.3) is 0 Å². The van der Waals surface area contributed by atoms with Crippen molar-refractivity contribution in [3.8, 4) is 0 Å². The maximum absolute atomic E-state index is 12.0. The number of piperazine rings is 1. The highest BCUT2D eigenvalue weighted by Gasteiger charge is 2.20. The number of carbonyl (C=O) groups is 1. The third-order valence-corrected chi connectivity index (χ3v) is 4.26. The van der Waals surface area contributed by atoms with E-state index < -0.39 is 0 Å². The maximum atomic E-state index is 12.0. The molecule has 2 heterocycles. The molecule has 0 saturated carbocycles. The molecule has 1 aliphatic heterocycles. The van der Waals surface area contributed by atoms with E-state index in [4.69, 9.17) is 0 Å². The Hall–Kier alpha value is -0.910. The van der Waals surface area contributed by atoms with Gasteiger partial charge in [0.05, 0.1) is 0 Å². The van der Waals surface area contributed by atoms with Crippen LogP contribution in [0.3, 0.4) is 0 Å². The summed E-state index contributed by atoms with van der Waals surface area (Å²) >= 11 is 1.75. The summed E-state index contributed by atoms with van der Waals surface area (Å²) in [6.45, 7) is 5.68. The van der Waals surface area contributed by atoms with Crippen molar-refractivity contribution in [3.63, 3.8) is 0 Å². The molecule has 106 valence electrons. The van der Waals surface area contributed by atoms with Crippen LogP contribution in [0.15, 0.2) is 16.8 Å². The van der Waals surface area contributed by atoms with Crippen molar-refractivity contribution >= 4 is 17.2 Å². The van der Waals surface area contributed by atoms with Crippen molar-refractivity contribution in [3.05, 3.63) is 22.4 Å². The Bertz CT molecular complexity index is 372. The summed E-state index contributed by atoms with van der Waals surface area (Å²) in [5.41, 5.74) is 1.39. The molecule has 1 fully saturated rings. The first-order valence-corrected chi connectivity index (χ1v) is 7.89. The predicted octanol–water partition coefficient (Wildman–Crippen LogP) is 1.39. The third-order valence-electron chi connectivity index (χ3n) is 3.53. The van der Waals surface area contributed by atoms with E-state index in [1.54, 1.807) is 11.3 Å². The second kappa shape index (κ2) is 7.62. The van der Waals surface area contributed by atoms with Gasteiger partial charge in [-0.05, 0) is 42.4 Å². The monoisotopic (exact) mass is 281 g/mol. The highest BCUT2D eigenvalue weighted by molar-refractivity contribution is 7.07. The maximum Gasteiger partial charge on any atom is 0.222 e. The predicted molar refractivity (Wildman–Crippen MR) is 79.3 cm³/mol. The molecule has 1 amide bonds. The summed E-state index contributed by atoms with van der Waals surface area (Å²) in [5, 5.41) is 7.41. The molecule has 1 aromatic heterocycles. The number of hydrogen-bond donors (Lipinski definition) is 1. The van der Waals surface area contributed by atoms with Crippen LogP contribution in [0, 0.1) is 0 Å². The standard InChI is InChI=1S/C14H23N3OS/c1-15-5-2-3-14(18)17-8-6-16(7-9-17)11-13-4-10-19-12-13/h4,10,12,15H,2-3,5-9,11H2,1H3. The lowest BCUT2D eigenvalue weighted by atomic mass is 10.2. The Labute approximate surface area is 119 Å². The highest BCUT2D eigenvalue weighted by Crippen LogP contribution is 2.12. The van der Waals surface area contributed by atoms with E-state index >= 15 is 0 Å². The molecular weight excluding hydrogens is 258 g/mol. The molecule has 1 N–H and O–H groups in total. The van der Waals surface area contributed by atoms with E-state index in [-0.39, 0.29) is 0 Å². The summed E-state index contributed by atoms with van der Waals surface area (Å²) in [5.74, 6) is 0.311. The first-order chi connectivity index (χ1) is 9.29. The van der Waals surface area contributed by atoms with Gasteiger partial charge in [-0.25, -0.2) is 0 Å². The quantitative estimate of drug-likeness (QED) is 0.801. The largest absolute Gasteiger partial charge is 0.340 e. The number of nitrogens with zero attached hydrogens (tertiary/aromatic N) is 2. The van der Waals surface area contributed by atoms with E-state index in [1.807, 2.05) is 11.9 Å². The molecule has 2 rings (SSSR count). The number of amides is 1. The van der Waals surface area contributed by atoms with Crippen LogP contribution >= 0.6 is 11.3 Å². The molecule has 0 aliphatic carbocycles. The summed E-state index contributed by atoms with van der Waals surface area (Å²) in [4.78, 5) is 16.4. The first-order valence-electron chi connectivity index (χ1n) is 6.95. The van der Waals surface area contributed by atoms with Crippen LogP contribution in [0.2, 0.25) is 0 Å². The van der Waals surface area contributed by atoms with E-state index in [1.165, 1.54) is 5.56 Å². The number of hydrogen-bond acceptors (Lipinski definition) is 4. The van der Waals surface area contributed by atoms with Gasteiger partial charge in [0.1, 0.15) is 0 Å². The lowest BCUT2D eigenvalue weighted by Gasteiger charge is -2.34. The van der Waals surface area contributed by atoms with Gasteiger partial charge in [-0.15, -0.1) is 0 Å². The first kappa shape index (κ1) is 14.5. The number of rotatable bonds is 6. The Morgan fingerprint density at radius 2 is 2.16 bits per heavy atom. The Kier molecular flexibility index (Phi) is 5.82. The zero-order valence-corrected chi connectivity index (χ0v) is 12.4. The molecule has 0 atom stereocenters. The van der Waals surface area contributed by atoms with Gasteiger partial charge in [-0.1, -0.05) is 0 Å². The zero-order chi connectivity index (χ0) is 13.5. The Morgan fingerprint density at radius 1 is 1.37 bits per heavy atom. The molecule has 4 nitrogen and oxygen atoms in total. The molecule has 5 heteroatoms. The van der Waals surface area contributed by atoms with Crippen molar-refractivity contribution in [2.45, 2.75) is 19.4 Å². The average molecular weight is 281 g/mol. The molecular formula is C14H23N3OS. The van der Waals surface area contributed by atoms with Crippen molar-refractivity contribution in [1.29, 1.82) is 0 Å². The topological polar surface area (TPSA) is 35.6 Å². The summed E-state index contributed by atoms with van der Waals surface area (Å²) in [6.07, 6.45) is 1.61. The van der Waals surface area contributed by atoms with Crippen LogP contribution < -0.4 is 5.32 Å². The third kappa shape index (κ3) is 4.60. The van der Waals surface area contributed by atoms with Gasteiger partial charge in [0.2, 0.25) is 5.91 Å². The normalized spacial score (nSPS) is 16.8. The van der Waals surface area contributed by atoms with Gasteiger partial charge in [-0.3, -0.25) is 9.69 Å². The lowest BCUT2D eigenvalue weighted by Crippen LogP contribution is -2.48. The van der Waals surface area contributed by atoms with Crippen LogP contribution in [0.5, 0.6) is 0 Å². The van der Waals surface area contributed by atoms with E-state index in [0.717, 1.165) is 45.7 Å². The van der Waals surface area contributed by atoms with Gasteiger partial charge in [-0.2, -0.15) is 11.3 Å². The van der Waals surface area contributed by atoms with Crippen LogP contribution in [-0.2, 0) is 11.3 Å². The van der Waals surface area contributed by atoms with Crippen molar-refractivity contribution in [1.82, 2.24) is 15.1 Å². The van der Waals surface area contributed by atoms with Crippen molar-refractivity contribution < 1.29 is 4.79 Å². The summed E-state index contributed by atoms with van der Waals surface area (Å²) in [7, 11) is 1.92. The lowest BCUT2D eigenvalue weighted by molar-refractivity contribution is -0.133. The molecule has 1 aromatic rings. The zero-order valence-electron chi connectivity index (χ0n) is 11.6. The fourth-order valence-electron chi connectivity index (χ4n) is 2.37. The summed E-state index contributed by atoms with van der Waals surface area (Å²) < 4.78 is 0. The van der Waals surface area contributed by atoms with Gasteiger partial charge >= 0.3 is 0 Å². The number of carbonyl (C=O) groups excluding carboxylic acids is 1. The average Bonchev–Trinajstić information content (AvgIpc) is 2.93. The second-order valence-corrected chi connectivity index (χ2v) is 5.78. The van der Waals surface area contributed by atoms with E-state index in [2.05, 4.69) is 27.0 Å². The highest BCUT2D eigenvalue weighted by atomic mass is 32.1. The molecule has 0 aromatic carbocycles. The van der Waals surface area contributed by atoms with Crippen LogP contribution in [0.1, 0.15) is 18.4 Å². The van der Waals surface area contributed by atoms with E-state index in [9.17, 15) is 4.79 Å². The molecule has 0 radical (unpaired) electrons. The SMILES string of the molecule is CNCCCC(=O)N1CCN(Cc2ccsc2)CC1. The molecule has 0 unspecified atom stereocenters. The number of thiophene rings is 1.